The maximum absolute atomic E-state index is 13.4. The van der Waals surface area contributed by atoms with Gasteiger partial charge < -0.3 is 14.5 Å². The van der Waals surface area contributed by atoms with E-state index in [0.29, 0.717) is 16.9 Å². The van der Waals surface area contributed by atoms with Crippen LogP contribution in [0.25, 0.3) is 17.1 Å². The Morgan fingerprint density at radius 1 is 0.974 bits per heavy atom. The molecule has 0 spiro atoms. The molecule has 1 amide bonds. The van der Waals surface area contributed by atoms with Crippen molar-refractivity contribution in [3.63, 3.8) is 0 Å². The lowest BCUT2D eigenvalue weighted by molar-refractivity contribution is -0.137. The second-order valence-corrected chi connectivity index (χ2v) is 8.10. The number of anilines is 1. The van der Waals surface area contributed by atoms with E-state index < -0.39 is 23.5 Å². The van der Waals surface area contributed by atoms with Gasteiger partial charge in [0.05, 0.1) is 17.5 Å². The first-order chi connectivity index (χ1) is 18.3. The van der Waals surface area contributed by atoms with E-state index in [9.17, 15) is 22.4 Å². The normalized spacial score (nSPS) is 11.4. The van der Waals surface area contributed by atoms with Crippen molar-refractivity contribution in [2.75, 3.05) is 5.32 Å². The topological polar surface area (TPSA) is 82.2 Å². The second-order valence-electron chi connectivity index (χ2n) is 8.10. The van der Waals surface area contributed by atoms with E-state index in [1.54, 1.807) is 30.3 Å². The molecule has 2 aromatic heterocycles. The lowest BCUT2D eigenvalue weighted by atomic mass is 10.1. The van der Waals surface area contributed by atoms with Gasteiger partial charge in [-0.3, -0.25) is 4.79 Å². The molecule has 3 aromatic carbocycles. The van der Waals surface area contributed by atoms with Gasteiger partial charge in [0, 0.05) is 11.3 Å². The molecule has 0 unspecified atom stereocenters. The number of amides is 1. The minimum atomic E-state index is -4.55. The fourth-order valence-electron chi connectivity index (χ4n) is 3.57. The fourth-order valence-corrected chi connectivity index (χ4v) is 3.57. The number of halogens is 4. The molecule has 5 rings (SSSR count). The number of hydrogen-bond acceptors (Lipinski definition) is 5. The zero-order valence-corrected chi connectivity index (χ0v) is 19.4. The molecular formula is C27H18F4N4O3. The first-order valence-corrected chi connectivity index (χ1v) is 11.2. The summed E-state index contributed by atoms with van der Waals surface area (Å²) in [5.74, 6) is -0.589. The first-order valence-electron chi connectivity index (χ1n) is 11.2. The maximum Gasteiger partial charge on any atom is 0.416 e. The molecule has 2 heterocycles. The van der Waals surface area contributed by atoms with Crippen molar-refractivity contribution in [3.8, 4) is 23.1 Å². The molecule has 0 radical (unpaired) electrons. The third-order valence-electron chi connectivity index (χ3n) is 5.43. The van der Waals surface area contributed by atoms with Crippen LogP contribution >= 0.6 is 0 Å². The molecule has 5 aromatic rings. The van der Waals surface area contributed by atoms with Gasteiger partial charge in [0.25, 0.3) is 5.91 Å². The van der Waals surface area contributed by atoms with Crippen LogP contribution in [0.1, 0.15) is 21.7 Å². The molecule has 0 fully saturated rings. The van der Waals surface area contributed by atoms with Crippen LogP contribution in [0, 0.1) is 5.82 Å². The van der Waals surface area contributed by atoms with Gasteiger partial charge >= 0.3 is 12.2 Å². The Morgan fingerprint density at radius 3 is 2.42 bits per heavy atom. The highest BCUT2D eigenvalue weighted by molar-refractivity contribution is 6.02. The number of nitrogens with zero attached hydrogens (tertiary/aromatic N) is 3. The van der Waals surface area contributed by atoms with Gasteiger partial charge in [-0.25, -0.2) is 9.07 Å². The van der Waals surface area contributed by atoms with Crippen LogP contribution in [0.2, 0.25) is 0 Å². The molecule has 11 heteroatoms. The largest absolute Gasteiger partial charge is 0.459 e. The van der Waals surface area contributed by atoms with Crippen LogP contribution in [0.5, 0.6) is 6.01 Å². The Labute approximate surface area is 213 Å². The number of carbonyl (C=O) groups excluding carboxylic acids is 1. The van der Waals surface area contributed by atoms with E-state index in [1.807, 2.05) is 0 Å². The fraction of sp³-hybridized carbons (Fsp3) is 0.0741. The van der Waals surface area contributed by atoms with E-state index in [-0.39, 0.29) is 29.8 Å². The maximum atomic E-state index is 13.4. The highest BCUT2D eigenvalue weighted by atomic mass is 19.4. The molecule has 0 aliphatic carbocycles. The van der Waals surface area contributed by atoms with E-state index in [2.05, 4.69) is 15.4 Å². The van der Waals surface area contributed by atoms with Gasteiger partial charge in [-0.2, -0.15) is 18.2 Å². The summed E-state index contributed by atoms with van der Waals surface area (Å²) in [4.78, 5) is 16.6. The number of benzene rings is 3. The van der Waals surface area contributed by atoms with E-state index in [4.69, 9.17) is 9.15 Å². The third kappa shape index (κ3) is 5.56. The van der Waals surface area contributed by atoms with Gasteiger partial charge in [-0.15, -0.1) is 5.10 Å². The molecule has 192 valence electrons. The van der Waals surface area contributed by atoms with Crippen molar-refractivity contribution in [3.05, 3.63) is 114 Å². The van der Waals surface area contributed by atoms with Crippen LogP contribution in [-0.4, -0.2) is 20.7 Å². The quantitative estimate of drug-likeness (QED) is 0.246. The highest BCUT2D eigenvalue weighted by Crippen LogP contribution is 2.33. The summed E-state index contributed by atoms with van der Waals surface area (Å²) in [6.07, 6.45) is -3.16. The van der Waals surface area contributed by atoms with Gasteiger partial charge in [-0.05, 0) is 66.2 Å². The minimum Gasteiger partial charge on any atom is -0.459 e. The van der Waals surface area contributed by atoms with Gasteiger partial charge in [0.1, 0.15) is 12.4 Å². The molecule has 0 saturated heterocycles. The number of carbonyl (C=O) groups is 1. The zero-order valence-electron chi connectivity index (χ0n) is 19.4. The van der Waals surface area contributed by atoms with Crippen molar-refractivity contribution in [2.45, 2.75) is 12.8 Å². The Hall–Kier alpha value is -4.93. The standard InChI is InChI=1S/C27H18F4N4O3/c28-20-8-6-17(7-9-20)16-38-26-33-24(18-3-1-4-19(15-18)27(29,30)31)35(34-26)22-12-10-21(11-13-22)32-25(36)23-5-2-14-37-23/h1-15H,16H2,(H,32,36). The number of rotatable bonds is 7. The summed E-state index contributed by atoms with van der Waals surface area (Å²) in [7, 11) is 0. The molecular weight excluding hydrogens is 504 g/mol. The van der Waals surface area contributed by atoms with E-state index in [1.165, 1.54) is 53.4 Å². The predicted molar refractivity (Wildman–Crippen MR) is 129 cm³/mol. The zero-order chi connectivity index (χ0) is 26.7. The van der Waals surface area contributed by atoms with Crippen LogP contribution in [0.3, 0.4) is 0 Å². The van der Waals surface area contributed by atoms with Crippen molar-refractivity contribution in [1.29, 1.82) is 0 Å². The molecule has 0 atom stereocenters. The van der Waals surface area contributed by atoms with Crippen molar-refractivity contribution in [2.24, 2.45) is 0 Å². The Morgan fingerprint density at radius 2 is 1.74 bits per heavy atom. The third-order valence-corrected chi connectivity index (χ3v) is 5.43. The lowest BCUT2D eigenvalue weighted by Gasteiger charge is -2.10. The van der Waals surface area contributed by atoms with Gasteiger partial charge in [0.2, 0.25) is 0 Å². The molecule has 1 N–H and O–H groups in total. The van der Waals surface area contributed by atoms with Crippen molar-refractivity contribution >= 4 is 11.6 Å². The summed E-state index contributed by atoms with van der Waals surface area (Å²) < 4.78 is 65.4. The van der Waals surface area contributed by atoms with E-state index in [0.717, 1.165) is 12.1 Å². The Kier molecular flexibility index (Phi) is 6.65. The van der Waals surface area contributed by atoms with Crippen LogP contribution in [0.15, 0.2) is 95.6 Å². The number of nitrogens with one attached hydrogen (secondary N) is 1. The van der Waals surface area contributed by atoms with Gasteiger partial charge in [-0.1, -0.05) is 24.3 Å². The van der Waals surface area contributed by atoms with Gasteiger partial charge in [0.15, 0.2) is 11.6 Å². The molecule has 0 bridgehead atoms. The SMILES string of the molecule is O=C(Nc1ccc(-n2nc(OCc3ccc(F)cc3)nc2-c2cccc(C(F)(F)F)c2)cc1)c1ccco1. The second kappa shape index (κ2) is 10.2. The summed E-state index contributed by atoms with van der Waals surface area (Å²) >= 11 is 0. The molecule has 0 aliphatic heterocycles. The smallest absolute Gasteiger partial charge is 0.416 e. The van der Waals surface area contributed by atoms with Crippen LogP contribution in [-0.2, 0) is 12.8 Å². The number of ether oxygens (including phenoxy) is 1. The highest BCUT2D eigenvalue weighted by Gasteiger charge is 2.31. The average molecular weight is 522 g/mol. The lowest BCUT2D eigenvalue weighted by Crippen LogP contribution is -2.11. The number of alkyl halides is 3. The molecule has 0 aliphatic rings. The summed E-state index contributed by atoms with van der Waals surface area (Å²) in [5.41, 5.74) is 0.898. The molecule has 7 nitrogen and oxygen atoms in total. The van der Waals surface area contributed by atoms with Crippen molar-refractivity contribution < 1.29 is 31.5 Å². The number of furan rings is 1. The van der Waals surface area contributed by atoms with Crippen LogP contribution in [0.4, 0.5) is 23.2 Å². The Balaban J connectivity index is 1.46. The first kappa shape index (κ1) is 24.8. The van der Waals surface area contributed by atoms with Crippen molar-refractivity contribution in [1.82, 2.24) is 14.8 Å². The van der Waals surface area contributed by atoms with Crippen LogP contribution < -0.4 is 10.1 Å². The predicted octanol–water partition coefficient (Wildman–Crippen LogP) is 6.52. The monoisotopic (exact) mass is 522 g/mol. The summed E-state index contributed by atoms with van der Waals surface area (Å²) in [6, 6.07) is 19.8. The summed E-state index contributed by atoms with van der Waals surface area (Å²) in [5, 5.41) is 7.02. The van der Waals surface area contributed by atoms with E-state index >= 15 is 0 Å². The molecule has 0 saturated carbocycles. The summed E-state index contributed by atoms with van der Waals surface area (Å²) in [6.45, 7) is 0.0179. The number of hydrogen-bond donors (Lipinski definition) is 1. The minimum absolute atomic E-state index is 0.0179. The molecule has 38 heavy (non-hydrogen) atoms. The Bertz CT molecular complexity index is 1550. The number of aromatic nitrogens is 3. The average Bonchev–Trinajstić information content (AvgIpc) is 3.59.